The van der Waals surface area contributed by atoms with Gasteiger partial charge in [0.2, 0.25) is 5.91 Å². The fourth-order valence-electron chi connectivity index (χ4n) is 1.96. The third-order valence-electron chi connectivity index (χ3n) is 2.78. The number of esters is 2. The Morgan fingerprint density at radius 2 is 1.85 bits per heavy atom. The number of fused-ring (bicyclic) bond motifs is 1. The second-order valence-corrected chi connectivity index (χ2v) is 4.20. The Labute approximate surface area is 114 Å². The molecule has 0 N–H and O–H groups in total. The van der Waals surface area contributed by atoms with Crippen LogP contribution in [0.2, 0.25) is 0 Å². The molecule has 0 radical (unpaired) electrons. The highest BCUT2D eigenvalue weighted by molar-refractivity contribution is 6.01. The first kappa shape index (κ1) is 13.8. The van der Waals surface area contributed by atoms with Gasteiger partial charge >= 0.3 is 11.9 Å². The molecule has 104 valence electrons. The quantitative estimate of drug-likeness (QED) is 0.619. The number of ether oxygens (including phenoxy) is 2. The van der Waals surface area contributed by atoms with Gasteiger partial charge < -0.3 is 9.47 Å². The van der Waals surface area contributed by atoms with Gasteiger partial charge in [-0.3, -0.25) is 14.2 Å². The molecular formula is C14H13NO5. The Kier molecular flexibility index (Phi) is 3.56. The Morgan fingerprint density at radius 1 is 1.15 bits per heavy atom. The van der Waals surface area contributed by atoms with Gasteiger partial charge in [-0.15, -0.1) is 0 Å². The molecule has 6 nitrogen and oxygen atoms in total. The average Bonchev–Trinajstić information content (AvgIpc) is 2.81. The number of benzene rings is 1. The molecule has 0 saturated carbocycles. The van der Waals surface area contributed by atoms with Crippen molar-refractivity contribution < 1.29 is 23.9 Å². The third kappa shape index (κ3) is 2.40. The lowest BCUT2D eigenvalue weighted by atomic mass is 10.1. The summed E-state index contributed by atoms with van der Waals surface area (Å²) in [6.07, 6.45) is 1.56. The molecule has 20 heavy (non-hydrogen) atoms. The number of methoxy groups -OCH3 is 1. The van der Waals surface area contributed by atoms with Crippen molar-refractivity contribution in [3.63, 3.8) is 0 Å². The number of nitrogens with zero attached hydrogens (tertiary/aromatic N) is 1. The summed E-state index contributed by atoms with van der Waals surface area (Å²) in [7, 11) is 1.25. The molecule has 0 spiro atoms. The van der Waals surface area contributed by atoms with Gasteiger partial charge in [0.1, 0.15) is 5.75 Å². The van der Waals surface area contributed by atoms with Crippen molar-refractivity contribution in [2.75, 3.05) is 7.11 Å². The molecule has 0 amide bonds. The first-order valence-electron chi connectivity index (χ1n) is 5.87. The number of carbonyl (C=O) groups excluding carboxylic acids is 3. The molecule has 0 bridgehead atoms. The lowest BCUT2D eigenvalue weighted by Gasteiger charge is -2.07. The van der Waals surface area contributed by atoms with E-state index in [4.69, 9.17) is 4.74 Å². The SMILES string of the molecule is COC(=O)c1cc(OC(C)=O)c2ccn(C(C)=O)c2c1. The van der Waals surface area contributed by atoms with Crippen LogP contribution in [0.1, 0.15) is 29.0 Å². The van der Waals surface area contributed by atoms with Gasteiger partial charge in [0.15, 0.2) is 0 Å². The maximum atomic E-state index is 11.6. The first-order chi connectivity index (χ1) is 9.43. The van der Waals surface area contributed by atoms with Crippen molar-refractivity contribution in [2.45, 2.75) is 13.8 Å². The fraction of sp³-hybridized carbons (Fsp3) is 0.214. The van der Waals surface area contributed by atoms with Crippen LogP contribution in [0, 0.1) is 0 Å². The minimum Gasteiger partial charge on any atom is -0.465 e. The lowest BCUT2D eigenvalue weighted by Crippen LogP contribution is -2.08. The summed E-state index contributed by atoms with van der Waals surface area (Å²) >= 11 is 0. The topological polar surface area (TPSA) is 74.6 Å². The zero-order chi connectivity index (χ0) is 14.9. The average molecular weight is 275 g/mol. The maximum Gasteiger partial charge on any atom is 0.338 e. The van der Waals surface area contributed by atoms with Crippen molar-refractivity contribution in [3.05, 3.63) is 30.0 Å². The molecule has 6 heteroatoms. The summed E-state index contributed by atoms with van der Waals surface area (Å²) in [5.74, 6) is -1.08. The summed E-state index contributed by atoms with van der Waals surface area (Å²) < 4.78 is 11.1. The van der Waals surface area contributed by atoms with Crippen molar-refractivity contribution >= 4 is 28.7 Å². The van der Waals surface area contributed by atoms with Crippen LogP contribution >= 0.6 is 0 Å². The second-order valence-electron chi connectivity index (χ2n) is 4.20. The van der Waals surface area contributed by atoms with Gasteiger partial charge in [0.25, 0.3) is 0 Å². The van der Waals surface area contributed by atoms with Crippen LogP contribution in [0.15, 0.2) is 24.4 Å². The second kappa shape index (κ2) is 5.16. The number of hydrogen-bond donors (Lipinski definition) is 0. The molecule has 1 aromatic carbocycles. The van der Waals surface area contributed by atoms with E-state index in [9.17, 15) is 14.4 Å². The number of rotatable bonds is 2. The molecular weight excluding hydrogens is 262 g/mol. The van der Waals surface area contributed by atoms with Crippen molar-refractivity contribution in [1.29, 1.82) is 0 Å². The molecule has 2 rings (SSSR count). The van der Waals surface area contributed by atoms with E-state index in [1.807, 2.05) is 0 Å². The van der Waals surface area contributed by atoms with Gasteiger partial charge in [-0.05, 0) is 18.2 Å². The van der Waals surface area contributed by atoms with Crippen LogP contribution in [0.25, 0.3) is 10.9 Å². The maximum absolute atomic E-state index is 11.6. The van der Waals surface area contributed by atoms with Crippen LogP contribution in [0.3, 0.4) is 0 Å². The summed E-state index contributed by atoms with van der Waals surface area (Å²) in [6, 6.07) is 4.59. The first-order valence-corrected chi connectivity index (χ1v) is 5.87. The largest absolute Gasteiger partial charge is 0.465 e. The summed E-state index contributed by atoms with van der Waals surface area (Å²) in [5, 5.41) is 0.572. The minimum absolute atomic E-state index is 0.206. The highest BCUT2D eigenvalue weighted by atomic mass is 16.5. The van der Waals surface area contributed by atoms with E-state index >= 15 is 0 Å². The molecule has 0 saturated heterocycles. The van der Waals surface area contributed by atoms with Crippen molar-refractivity contribution in [2.24, 2.45) is 0 Å². The van der Waals surface area contributed by atoms with Crippen LogP contribution in [-0.4, -0.2) is 29.5 Å². The predicted molar refractivity (Wildman–Crippen MR) is 70.9 cm³/mol. The molecule has 0 unspecified atom stereocenters. The lowest BCUT2D eigenvalue weighted by molar-refractivity contribution is -0.131. The van der Waals surface area contributed by atoms with Gasteiger partial charge in [-0.1, -0.05) is 0 Å². The summed E-state index contributed by atoms with van der Waals surface area (Å²) in [4.78, 5) is 34.3. The van der Waals surface area contributed by atoms with Crippen molar-refractivity contribution in [1.82, 2.24) is 4.57 Å². The predicted octanol–water partition coefficient (Wildman–Crippen LogP) is 2.01. The monoisotopic (exact) mass is 275 g/mol. The zero-order valence-electron chi connectivity index (χ0n) is 11.3. The molecule has 1 heterocycles. The Balaban J connectivity index is 2.72. The highest BCUT2D eigenvalue weighted by Crippen LogP contribution is 2.29. The molecule has 1 aromatic heterocycles. The number of carbonyl (C=O) groups is 3. The van der Waals surface area contributed by atoms with Crippen LogP contribution in [0.4, 0.5) is 0 Å². The smallest absolute Gasteiger partial charge is 0.338 e. The Bertz CT molecular complexity index is 714. The summed E-state index contributed by atoms with van der Waals surface area (Å²) in [6.45, 7) is 2.66. The van der Waals surface area contributed by atoms with Crippen LogP contribution in [0.5, 0.6) is 5.75 Å². The Hall–Kier alpha value is -2.63. The number of aromatic nitrogens is 1. The minimum atomic E-state index is -0.573. The van der Waals surface area contributed by atoms with Crippen LogP contribution in [-0.2, 0) is 9.53 Å². The zero-order valence-corrected chi connectivity index (χ0v) is 11.3. The standard InChI is InChI=1S/C14H13NO5/c1-8(16)15-5-4-11-12(15)6-10(14(18)19-3)7-13(11)20-9(2)17/h4-7H,1-3H3. The van der Waals surface area contributed by atoms with Gasteiger partial charge in [-0.2, -0.15) is 0 Å². The van der Waals surface area contributed by atoms with E-state index in [0.717, 1.165) is 0 Å². The van der Waals surface area contributed by atoms with Gasteiger partial charge in [0, 0.05) is 25.4 Å². The molecule has 0 atom stereocenters. The summed E-state index contributed by atoms with van der Waals surface area (Å²) in [5.41, 5.74) is 0.689. The molecule has 0 fully saturated rings. The van der Waals surface area contributed by atoms with E-state index in [2.05, 4.69) is 4.74 Å². The molecule has 2 aromatic rings. The fourth-order valence-corrected chi connectivity index (χ4v) is 1.96. The van der Waals surface area contributed by atoms with E-state index < -0.39 is 11.9 Å². The number of hydrogen-bond acceptors (Lipinski definition) is 5. The van der Waals surface area contributed by atoms with E-state index in [1.165, 1.54) is 37.7 Å². The Morgan fingerprint density at radius 3 is 2.40 bits per heavy atom. The molecule has 0 aliphatic rings. The van der Waals surface area contributed by atoms with E-state index in [-0.39, 0.29) is 17.2 Å². The van der Waals surface area contributed by atoms with Gasteiger partial charge in [-0.25, -0.2) is 4.79 Å². The van der Waals surface area contributed by atoms with Crippen LogP contribution < -0.4 is 4.74 Å². The third-order valence-corrected chi connectivity index (χ3v) is 2.78. The van der Waals surface area contributed by atoms with Crippen molar-refractivity contribution in [3.8, 4) is 5.75 Å². The van der Waals surface area contributed by atoms with Gasteiger partial charge in [0.05, 0.1) is 18.2 Å². The highest BCUT2D eigenvalue weighted by Gasteiger charge is 2.16. The van der Waals surface area contributed by atoms with E-state index in [0.29, 0.717) is 10.9 Å². The van der Waals surface area contributed by atoms with E-state index in [1.54, 1.807) is 12.3 Å². The molecule has 0 aliphatic heterocycles. The normalized spacial score (nSPS) is 10.3. The molecule has 0 aliphatic carbocycles.